The number of hydrogen-bond acceptors (Lipinski definition) is 3. The van der Waals surface area contributed by atoms with Gasteiger partial charge < -0.3 is 14.6 Å². The maximum absolute atomic E-state index is 11.2. The van der Waals surface area contributed by atoms with Crippen molar-refractivity contribution < 1.29 is 9.90 Å². The number of carboxylic acids is 1. The lowest BCUT2D eigenvalue weighted by Gasteiger charge is -2.16. The van der Waals surface area contributed by atoms with Crippen molar-refractivity contribution in [3.05, 3.63) is 28.7 Å². The average molecular weight is 196 g/mol. The lowest BCUT2D eigenvalue weighted by atomic mass is 10.3. The number of likely N-dealkylation sites (N-methyl/N-ethyl adjacent to an activating group) is 1. The van der Waals surface area contributed by atoms with Gasteiger partial charge in [-0.2, -0.15) is 0 Å². The summed E-state index contributed by atoms with van der Waals surface area (Å²) in [5.41, 5.74) is 0.454. The highest BCUT2D eigenvalue weighted by molar-refractivity contribution is 5.73. The first-order valence-corrected chi connectivity index (χ1v) is 4.10. The van der Waals surface area contributed by atoms with Gasteiger partial charge in [-0.15, -0.1) is 0 Å². The SMILES string of the molecule is CN(CC(=O)O)c1ccn(C)c(=O)c1. The van der Waals surface area contributed by atoms with Gasteiger partial charge in [-0.25, -0.2) is 0 Å². The molecule has 0 amide bonds. The summed E-state index contributed by atoms with van der Waals surface area (Å²) in [5, 5.41) is 8.54. The van der Waals surface area contributed by atoms with Gasteiger partial charge in [-0.05, 0) is 6.07 Å². The van der Waals surface area contributed by atoms with Crippen LogP contribution in [0.4, 0.5) is 5.69 Å². The van der Waals surface area contributed by atoms with E-state index in [2.05, 4.69) is 0 Å². The lowest BCUT2D eigenvalue weighted by Crippen LogP contribution is -2.27. The Hall–Kier alpha value is -1.78. The fourth-order valence-electron chi connectivity index (χ4n) is 1.07. The highest BCUT2D eigenvalue weighted by atomic mass is 16.4. The third-order valence-electron chi connectivity index (χ3n) is 1.90. The van der Waals surface area contributed by atoms with Crippen molar-refractivity contribution in [1.29, 1.82) is 0 Å². The van der Waals surface area contributed by atoms with E-state index in [0.29, 0.717) is 5.69 Å². The summed E-state index contributed by atoms with van der Waals surface area (Å²) in [5.74, 6) is -0.923. The van der Waals surface area contributed by atoms with Crippen molar-refractivity contribution in [2.45, 2.75) is 0 Å². The standard InChI is InChI=1S/C9H12N2O3/c1-10-4-3-7(5-8(10)12)11(2)6-9(13)14/h3-5H,6H2,1-2H3,(H,13,14). The zero-order chi connectivity index (χ0) is 10.7. The predicted octanol–water partition coefficient (Wildman–Crippen LogP) is -0.0939. The number of aryl methyl sites for hydroxylation is 1. The van der Waals surface area contributed by atoms with Crippen LogP contribution in [0.1, 0.15) is 0 Å². The van der Waals surface area contributed by atoms with E-state index in [1.165, 1.54) is 15.5 Å². The van der Waals surface area contributed by atoms with Gasteiger partial charge in [0.2, 0.25) is 0 Å². The number of aromatic nitrogens is 1. The predicted molar refractivity (Wildman–Crippen MR) is 52.6 cm³/mol. The summed E-state index contributed by atoms with van der Waals surface area (Å²) in [6.45, 7) is -0.118. The van der Waals surface area contributed by atoms with Gasteiger partial charge in [0.05, 0.1) is 0 Å². The van der Waals surface area contributed by atoms with Crippen LogP contribution in [0.5, 0.6) is 0 Å². The largest absolute Gasteiger partial charge is 0.480 e. The molecule has 0 aliphatic heterocycles. The van der Waals surface area contributed by atoms with E-state index >= 15 is 0 Å². The molecule has 0 spiro atoms. The van der Waals surface area contributed by atoms with E-state index in [1.54, 1.807) is 26.4 Å². The van der Waals surface area contributed by atoms with Crippen LogP contribution in [0.2, 0.25) is 0 Å². The zero-order valence-corrected chi connectivity index (χ0v) is 8.10. The van der Waals surface area contributed by atoms with Crippen LogP contribution < -0.4 is 10.5 Å². The second-order valence-corrected chi connectivity index (χ2v) is 3.08. The van der Waals surface area contributed by atoms with Gasteiger partial charge in [-0.1, -0.05) is 0 Å². The molecular formula is C9H12N2O3. The Morgan fingerprint density at radius 2 is 2.29 bits per heavy atom. The van der Waals surface area contributed by atoms with Crippen LogP contribution in [0, 0.1) is 0 Å². The first-order valence-electron chi connectivity index (χ1n) is 4.10. The van der Waals surface area contributed by atoms with Crippen LogP contribution in [0.15, 0.2) is 23.1 Å². The molecule has 0 aliphatic carbocycles. The first kappa shape index (κ1) is 10.3. The van der Waals surface area contributed by atoms with E-state index in [4.69, 9.17) is 5.11 Å². The summed E-state index contributed by atoms with van der Waals surface area (Å²) in [4.78, 5) is 23.1. The molecule has 5 nitrogen and oxygen atoms in total. The maximum atomic E-state index is 11.2. The highest BCUT2D eigenvalue weighted by Gasteiger charge is 2.05. The van der Waals surface area contributed by atoms with E-state index < -0.39 is 5.97 Å². The molecule has 76 valence electrons. The van der Waals surface area contributed by atoms with E-state index in [0.717, 1.165) is 0 Å². The van der Waals surface area contributed by atoms with E-state index in [-0.39, 0.29) is 12.1 Å². The minimum absolute atomic E-state index is 0.118. The molecule has 1 aromatic heterocycles. The molecule has 0 fully saturated rings. The van der Waals surface area contributed by atoms with Gasteiger partial charge >= 0.3 is 5.97 Å². The van der Waals surface area contributed by atoms with E-state index in [1.807, 2.05) is 0 Å². The van der Waals surface area contributed by atoms with Gasteiger partial charge in [0.1, 0.15) is 6.54 Å². The van der Waals surface area contributed by atoms with Crippen LogP contribution in [0.25, 0.3) is 0 Å². The number of nitrogens with zero attached hydrogens (tertiary/aromatic N) is 2. The Morgan fingerprint density at radius 3 is 2.79 bits per heavy atom. The monoisotopic (exact) mass is 196 g/mol. The number of aliphatic carboxylic acids is 1. The van der Waals surface area contributed by atoms with Crippen molar-refractivity contribution >= 4 is 11.7 Å². The molecule has 0 unspecified atom stereocenters. The summed E-state index contributed by atoms with van der Waals surface area (Å²) < 4.78 is 1.43. The average Bonchev–Trinajstić information content (AvgIpc) is 2.08. The third-order valence-corrected chi connectivity index (χ3v) is 1.90. The normalized spacial score (nSPS) is 9.86. The van der Waals surface area contributed by atoms with Gasteiger partial charge in [0, 0.05) is 32.0 Å². The first-order chi connectivity index (χ1) is 6.50. The van der Waals surface area contributed by atoms with Gasteiger partial charge in [0.25, 0.3) is 5.56 Å². The summed E-state index contributed by atoms with van der Waals surface area (Å²) in [6.07, 6.45) is 1.61. The molecule has 1 aromatic rings. The minimum Gasteiger partial charge on any atom is -0.480 e. The number of pyridine rings is 1. The molecular weight excluding hydrogens is 184 g/mol. The fraction of sp³-hybridized carbons (Fsp3) is 0.333. The van der Waals surface area contributed by atoms with Crippen LogP contribution >= 0.6 is 0 Å². The van der Waals surface area contributed by atoms with Crippen molar-refractivity contribution in [3.63, 3.8) is 0 Å². The second-order valence-electron chi connectivity index (χ2n) is 3.08. The fourth-order valence-corrected chi connectivity index (χ4v) is 1.07. The third kappa shape index (κ3) is 2.35. The quantitative estimate of drug-likeness (QED) is 0.733. The van der Waals surface area contributed by atoms with Crippen LogP contribution in [-0.2, 0) is 11.8 Å². The molecule has 0 saturated carbocycles. The number of carbonyl (C=O) groups is 1. The highest BCUT2D eigenvalue weighted by Crippen LogP contribution is 2.07. The van der Waals surface area contributed by atoms with Crippen LogP contribution in [0.3, 0.4) is 0 Å². The zero-order valence-electron chi connectivity index (χ0n) is 8.10. The molecule has 0 atom stereocenters. The molecule has 0 aromatic carbocycles. The topological polar surface area (TPSA) is 62.5 Å². The van der Waals surface area contributed by atoms with Crippen molar-refractivity contribution in [1.82, 2.24) is 4.57 Å². The Bertz CT molecular complexity index is 397. The molecule has 1 N–H and O–H groups in total. The molecule has 1 rings (SSSR count). The number of carboxylic acid groups (broad SMARTS) is 1. The summed E-state index contributed by atoms with van der Waals surface area (Å²) in [7, 11) is 3.27. The smallest absolute Gasteiger partial charge is 0.323 e. The molecule has 14 heavy (non-hydrogen) atoms. The number of anilines is 1. The van der Waals surface area contributed by atoms with Crippen molar-refractivity contribution in [2.75, 3.05) is 18.5 Å². The van der Waals surface area contributed by atoms with Crippen molar-refractivity contribution in [2.24, 2.45) is 7.05 Å². The second kappa shape index (κ2) is 3.95. The Labute approximate surface area is 81.2 Å². The lowest BCUT2D eigenvalue weighted by molar-refractivity contribution is -0.135. The van der Waals surface area contributed by atoms with Crippen LogP contribution in [-0.4, -0.2) is 29.2 Å². The number of hydrogen-bond donors (Lipinski definition) is 1. The maximum Gasteiger partial charge on any atom is 0.323 e. The van der Waals surface area contributed by atoms with Gasteiger partial charge in [-0.3, -0.25) is 9.59 Å². The molecule has 0 bridgehead atoms. The molecule has 5 heteroatoms. The Balaban J connectivity index is 2.91. The van der Waals surface area contributed by atoms with E-state index in [9.17, 15) is 9.59 Å². The summed E-state index contributed by atoms with van der Waals surface area (Å²) in [6, 6.07) is 3.10. The molecule has 0 radical (unpaired) electrons. The number of rotatable bonds is 3. The Kier molecular flexibility index (Phi) is 2.91. The molecule has 0 aliphatic rings. The Morgan fingerprint density at radius 1 is 1.64 bits per heavy atom. The molecule has 0 saturated heterocycles. The summed E-state index contributed by atoms with van der Waals surface area (Å²) >= 11 is 0. The minimum atomic E-state index is -0.923. The molecule has 1 heterocycles. The van der Waals surface area contributed by atoms with Crippen molar-refractivity contribution in [3.8, 4) is 0 Å². The van der Waals surface area contributed by atoms with Gasteiger partial charge in [0.15, 0.2) is 0 Å².